The number of carbonyl (C=O) groups is 3. The van der Waals surface area contributed by atoms with Gasteiger partial charge in [-0.2, -0.15) is 0 Å². The molecule has 1 aromatic heterocycles. The van der Waals surface area contributed by atoms with Crippen molar-refractivity contribution in [3.05, 3.63) is 57.7 Å². The zero-order chi connectivity index (χ0) is 24.7. The number of thiophene rings is 1. The molecular weight excluding hydrogens is 462 g/mol. The van der Waals surface area contributed by atoms with E-state index in [0.717, 1.165) is 4.88 Å². The SMILES string of the molecule is CC1c2ccc(-c3cccs3)c(O)c2C(O)=C2C(=O)C3(O)C(O)=C(C(N)=O)C(=O)CC3C(O)C21. The van der Waals surface area contributed by atoms with Gasteiger partial charge in [0.1, 0.15) is 22.8 Å². The summed E-state index contributed by atoms with van der Waals surface area (Å²) in [4.78, 5) is 38.5. The van der Waals surface area contributed by atoms with E-state index in [1.807, 2.05) is 5.38 Å². The van der Waals surface area contributed by atoms with Crippen LogP contribution in [0.5, 0.6) is 5.75 Å². The fourth-order valence-corrected chi connectivity index (χ4v) is 6.38. The Labute approximate surface area is 197 Å². The minimum Gasteiger partial charge on any atom is -0.508 e. The largest absolute Gasteiger partial charge is 0.508 e. The molecule has 10 heteroatoms. The van der Waals surface area contributed by atoms with Gasteiger partial charge >= 0.3 is 0 Å². The zero-order valence-electron chi connectivity index (χ0n) is 17.8. The van der Waals surface area contributed by atoms with E-state index in [1.54, 1.807) is 31.2 Å². The van der Waals surface area contributed by atoms with E-state index in [0.29, 0.717) is 11.1 Å². The highest BCUT2D eigenvalue weighted by molar-refractivity contribution is 7.13. The average Bonchev–Trinajstić information content (AvgIpc) is 3.31. The van der Waals surface area contributed by atoms with Crippen LogP contribution in [0.2, 0.25) is 0 Å². The van der Waals surface area contributed by atoms with E-state index in [4.69, 9.17) is 5.73 Å². The average molecular weight is 483 g/mol. The molecular formula is C24H21NO8S. The Kier molecular flexibility index (Phi) is 4.77. The summed E-state index contributed by atoms with van der Waals surface area (Å²) in [7, 11) is 0. The molecule has 3 aliphatic rings. The van der Waals surface area contributed by atoms with Crippen molar-refractivity contribution in [2.75, 3.05) is 0 Å². The van der Waals surface area contributed by atoms with Crippen LogP contribution in [0.25, 0.3) is 16.2 Å². The van der Waals surface area contributed by atoms with Gasteiger partial charge in [-0.25, -0.2) is 0 Å². The summed E-state index contributed by atoms with van der Waals surface area (Å²) in [6, 6.07) is 6.94. The molecule has 5 atom stereocenters. The standard InChI is InChI=1S/C24H21NO8S/c1-8-9-4-5-10(13-3-2-6-34-13)18(27)15(9)20(29)17-14(8)19(28)11-7-12(26)16(23(25)32)21(30)24(11,33)22(17)31/h2-6,8,11,14,19,27-30,33H,7H2,1H3,(H2,25,32). The lowest BCUT2D eigenvalue weighted by molar-refractivity contribution is -0.160. The van der Waals surface area contributed by atoms with Crippen molar-refractivity contribution < 1.29 is 39.9 Å². The van der Waals surface area contributed by atoms with Crippen molar-refractivity contribution in [3.8, 4) is 16.2 Å². The lowest BCUT2D eigenvalue weighted by Crippen LogP contribution is -2.63. The zero-order valence-corrected chi connectivity index (χ0v) is 18.7. The molecule has 1 aromatic carbocycles. The van der Waals surface area contributed by atoms with Gasteiger partial charge in [-0.15, -0.1) is 11.3 Å². The van der Waals surface area contributed by atoms with Gasteiger partial charge in [-0.1, -0.05) is 19.1 Å². The third-order valence-corrected chi connectivity index (χ3v) is 8.19. The van der Waals surface area contributed by atoms with E-state index in [9.17, 15) is 39.9 Å². The minimum atomic E-state index is -2.84. The fourth-order valence-electron chi connectivity index (χ4n) is 5.63. The summed E-state index contributed by atoms with van der Waals surface area (Å²) in [5, 5.41) is 57.2. The smallest absolute Gasteiger partial charge is 0.255 e. The highest BCUT2D eigenvalue weighted by Gasteiger charge is 2.64. The fraction of sp³-hybridized carbons (Fsp3) is 0.292. The van der Waals surface area contributed by atoms with Gasteiger partial charge < -0.3 is 31.3 Å². The molecule has 1 fully saturated rings. The number of amides is 1. The number of aliphatic hydroxyl groups excluding tert-OH is 3. The molecule has 2 aromatic rings. The van der Waals surface area contributed by atoms with Crippen molar-refractivity contribution in [3.63, 3.8) is 0 Å². The van der Waals surface area contributed by atoms with Crippen LogP contribution >= 0.6 is 11.3 Å². The van der Waals surface area contributed by atoms with Crippen LogP contribution in [0.4, 0.5) is 0 Å². The van der Waals surface area contributed by atoms with Crippen molar-refractivity contribution in [2.45, 2.75) is 31.0 Å². The molecule has 1 heterocycles. The summed E-state index contributed by atoms with van der Waals surface area (Å²) in [5.41, 5.74) is 1.92. The molecule has 34 heavy (non-hydrogen) atoms. The monoisotopic (exact) mass is 483 g/mol. The van der Waals surface area contributed by atoms with Crippen LogP contribution in [0.15, 0.2) is 46.6 Å². The van der Waals surface area contributed by atoms with Gasteiger partial charge in [-0.3, -0.25) is 14.4 Å². The van der Waals surface area contributed by atoms with Gasteiger partial charge in [0, 0.05) is 34.3 Å². The normalized spacial score (nSPS) is 30.7. The minimum absolute atomic E-state index is 0.0160. The predicted octanol–water partition coefficient (Wildman–Crippen LogP) is 1.68. The number of benzene rings is 1. The Morgan fingerprint density at radius 3 is 2.50 bits per heavy atom. The second kappa shape index (κ2) is 7.26. The first-order valence-electron chi connectivity index (χ1n) is 10.6. The number of Topliss-reactive ketones (excluding diaryl/α,β-unsaturated/α-hetero) is 2. The van der Waals surface area contributed by atoms with E-state index >= 15 is 0 Å². The van der Waals surface area contributed by atoms with Gasteiger partial charge in [0.2, 0.25) is 5.78 Å². The molecule has 5 rings (SSSR count). The molecule has 0 radical (unpaired) electrons. The first-order valence-corrected chi connectivity index (χ1v) is 11.4. The maximum atomic E-state index is 13.6. The second-order valence-electron chi connectivity index (χ2n) is 8.89. The summed E-state index contributed by atoms with van der Waals surface area (Å²) >= 11 is 1.36. The predicted molar refractivity (Wildman–Crippen MR) is 121 cm³/mol. The number of nitrogens with two attached hydrogens (primary N) is 1. The molecule has 5 unspecified atom stereocenters. The first kappa shape index (κ1) is 22.3. The summed E-state index contributed by atoms with van der Waals surface area (Å²) in [5.74, 6) is -8.63. The van der Waals surface area contributed by atoms with Crippen LogP contribution in [0, 0.1) is 11.8 Å². The Balaban J connectivity index is 1.77. The van der Waals surface area contributed by atoms with Gasteiger partial charge in [0.05, 0.1) is 11.7 Å². The van der Waals surface area contributed by atoms with Crippen molar-refractivity contribution in [1.29, 1.82) is 0 Å². The summed E-state index contributed by atoms with van der Waals surface area (Å²) < 4.78 is 0. The number of ketones is 2. The number of carbonyl (C=O) groups excluding carboxylic acids is 3. The quantitative estimate of drug-likeness (QED) is 0.349. The molecule has 9 nitrogen and oxygen atoms in total. The van der Waals surface area contributed by atoms with Gasteiger partial charge in [0.15, 0.2) is 11.4 Å². The number of fused-ring (bicyclic) bond motifs is 3. The van der Waals surface area contributed by atoms with E-state index in [-0.39, 0.29) is 11.3 Å². The first-order chi connectivity index (χ1) is 16.0. The van der Waals surface area contributed by atoms with Gasteiger partial charge in [-0.05, 0) is 29.0 Å². The Morgan fingerprint density at radius 2 is 1.88 bits per heavy atom. The van der Waals surface area contributed by atoms with Crippen LogP contribution in [0.1, 0.15) is 30.4 Å². The van der Waals surface area contributed by atoms with E-state index in [2.05, 4.69) is 0 Å². The third kappa shape index (κ3) is 2.64. The number of phenolic OH excluding ortho intramolecular Hbond substituents is 1. The van der Waals surface area contributed by atoms with Crippen molar-refractivity contribution in [2.24, 2.45) is 17.6 Å². The maximum Gasteiger partial charge on any atom is 0.255 e. The Bertz CT molecular complexity index is 1340. The number of hydrogen-bond acceptors (Lipinski definition) is 9. The summed E-state index contributed by atoms with van der Waals surface area (Å²) in [6.07, 6.45) is -2.14. The Morgan fingerprint density at radius 1 is 1.18 bits per heavy atom. The highest BCUT2D eigenvalue weighted by Crippen LogP contribution is 2.56. The van der Waals surface area contributed by atoms with Crippen molar-refractivity contribution in [1.82, 2.24) is 0 Å². The van der Waals surface area contributed by atoms with Crippen LogP contribution in [-0.2, 0) is 14.4 Å². The number of aliphatic hydroxyl groups is 4. The maximum absolute atomic E-state index is 13.6. The van der Waals surface area contributed by atoms with Gasteiger partial charge in [0.25, 0.3) is 5.91 Å². The molecule has 7 N–H and O–H groups in total. The number of primary amides is 1. The highest BCUT2D eigenvalue weighted by atomic mass is 32.1. The second-order valence-corrected chi connectivity index (χ2v) is 9.84. The number of phenols is 1. The van der Waals surface area contributed by atoms with Crippen LogP contribution in [0.3, 0.4) is 0 Å². The number of aromatic hydroxyl groups is 1. The lowest BCUT2D eigenvalue weighted by atomic mass is 9.55. The molecule has 1 saturated carbocycles. The van der Waals surface area contributed by atoms with E-state index in [1.165, 1.54) is 11.3 Å². The molecule has 3 aliphatic carbocycles. The third-order valence-electron chi connectivity index (χ3n) is 7.29. The van der Waals surface area contributed by atoms with Crippen LogP contribution in [-0.4, -0.2) is 54.7 Å². The topological polar surface area (TPSA) is 178 Å². The molecule has 0 spiro atoms. The molecule has 176 valence electrons. The molecule has 1 amide bonds. The molecule has 0 aliphatic heterocycles. The van der Waals surface area contributed by atoms with E-state index < -0.39 is 76.0 Å². The summed E-state index contributed by atoms with van der Waals surface area (Å²) in [6.45, 7) is 1.69. The molecule has 0 bridgehead atoms. The Hall–Kier alpha value is -3.47. The number of rotatable bonds is 2. The van der Waals surface area contributed by atoms with Crippen molar-refractivity contribution >= 4 is 34.6 Å². The molecule has 0 saturated heterocycles. The lowest BCUT2D eigenvalue weighted by Gasteiger charge is -2.50. The van der Waals surface area contributed by atoms with Crippen LogP contribution < -0.4 is 5.73 Å². The number of hydrogen-bond donors (Lipinski definition) is 6.